The van der Waals surface area contributed by atoms with Crippen LogP contribution >= 0.6 is 0 Å². The molecule has 0 unspecified atom stereocenters. The Morgan fingerprint density at radius 3 is 1.91 bits per heavy atom. The third-order valence-electron chi connectivity index (χ3n) is 12.3. The van der Waals surface area contributed by atoms with Crippen LogP contribution in [0.5, 0.6) is 11.5 Å². The summed E-state index contributed by atoms with van der Waals surface area (Å²) in [5.41, 5.74) is 10.2. The number of nitrogens with one attached hydrogen (secondary N) is 5. The van der Waals surface area contributed by atoms with Crippen molar-refractivity contribution in [3.63, 3.8) is 0 Å². The van der Waals surface area contributed by atoms with E-state index in [0.29, 0.717) is 51.4 Å². The number of ketones is 1. The maximum absolute atomic E-state index is 14.6. The number of aryl methyl sites for hydroxylation is 1. The van der Waals surface area contributed by atoms with Gasteiger partial charge in [0.1, 0.15) is 50.0 Å². The highest BCUT2D eigenvalue weighted by atomic mass is 16.6. The molecule has 2 saturated heterocycles. The van der Waals surface area contributed by atoms with Crippen molar-refractivity contribution in [3.8, 4) is 11.5 Å². The number of nitrogens with two attached hydrogens (primary N) is 2. The average molecular weight is 970 g/mol. The first-order valence-electron chi connectivity index (χ1n) is 24.1. The van der Waals surface area contributed by atoms with Crippen LogP contribution in [0.25, 0.3) is 0 Å². The zero-order chi connectivity index (χ0) is 50.8. The Bertz CT molecular complexity index is 2260. The molecule has 0 bridgehead atoms. The van der Waals surface area contributed by atoms with Crippen molar-refractivity contribution >= 4 is 35.4 Å². The number of epoxide rings is 1. The lowest BCUT2D eigenvalue weighted by Crippen LogP contribution is -2.61. The molecule has 0 aliphatic carbocycles. The fourth-order valence-corrected chi connectivity index (χ4v) is 8.47. The molecule has 0 spiro atoms. The summed E-state index contributed by atoms with van der Waals surface area (Å²) >= 11 is 0. The van der Waals surface area contributed by atoms with Crippen LogP contribution in [0.3, 0.4) is 0 Å². The van der Waals surface area contributed by atoms with Gasteiger partial charge in [-0.1, -0.05) is 88.4 Å². The summed E-state index contributed by atoms with van der Waals surface area (Å²) in [6.07, 6.45) is 2.79. The van der Waals surface area contributed by atoms with E-state index in [4.69, 9.17) is 30.5 Å². The number of hydrazine groups is 1. The lowest BCUT2D eigenvalue weighted by molar-refractivity contribution is -0.940. The van der Waals surface area contributed by atoms with Crippen LogP contribution in [0.2, 0.25) is 0 Å². The van der Waals surface area contributed by atoms with E-state index in [2.05, 4.69) is 26.7 Å². The molecule has 5 atom stereocenters. The molecule has 2 fully saturated rings. The summed E-state index contributed by atoms with van der Waals surface area (Å²) < 4.78 is 22.8. The largest absolute Gasteiger partial charge is 0.483 e. The summed E-state index contributed by atoms with van der Waals surface area (Å²) in [7, 11) is 0. The second-order valence-electron chi connectivity index (χ2n) is 19.4. The van der Waals surface area contributed by atoms with E-state index in [1.54, 1.807) is 25.1 Å². The number of nitrogens with zero attached hydrogens (tertiary/aromatic N) is 1. The summed E-state index contributed by atoms with van der Waals surface area (Å²) in [5, 5.41) is 11.8. The number of amides is 4. The summed E-state index contributed by atoms with van der Waals surface area (Å²) in [6, 6.07) is 19.9. The van der Waals surface area contributed by atoms with Crippen molar-refractivity contribution < 1.29 is 52.2 Å². The second-order valence-corrected chi connectivity index (χ2v) is 19.4. The predicted molar refractivity (Wildman–Crippen MR) is 263 cm³/mol. The van der Waals surface area contributed by atoms with Crippen LogP contribution < -0.4 is 47.7 Å². The number of rotatable bonds is 27. The second kappa shape index (κ2) is 26.0. The van der Waals surface area contributed by atoms with Gasteiger partial charge in [-0.2, -0.15) is 0 Å². The van der Waals surface area contributed by atoms with Crippen molar-refractivity contribution in [1.29, 1.82) is 0 Å². The van der Waals surface area contributed by atoms with Gasteiger partial charge in [0.2, 0.25) is 17.7 Å². The number of Topliss-reactive ketones (excluding diaryl/α,β-unsaturated/α-hetero) is 1. The van der Waals surface area contributed by atoms with Crippen LogP contribution in [-0.4, -0.2) is 116 Å². The average Bonchev–Trinajstić information content (AvgIpc) is 4.07. The smallest absolute Gasteiger partial charge is 0.308 e. The fraction of sp³-hybridized carbons (Fsp3) is 0.500. The van der Waals surface area contributed by atoms with Gasteiger partial charge in [-0.3, -0.25) is 34.6 Å². The van der Waals surface area contributed by atoms with E-state index < -0.39 is 53.5 Å². The lowest BCUT2D eigenvalue weighted by atomic mass is 9.93. The van der Waals surface area contributed by atoms with Crippen LogP contribution in [0.15, 0.2) is 90.8 Å². The highest BCUT2D eigenvalue weighted by Crippen LogP contribution is 2.32. The number of morpholine rings is 1. The zero-order valence-corrected chi connectivity index (χ0v) is 41.4. The Morgan fingerprint density at radius 2 is 1.31 bits per heavy atom. The van der Waals surface area contributed by atoms with Crippen molar-refractivity contribution in [1.82, 2.24) is 26.7 Å². The summed E-state index contributed by atoms with van der Waals surface area (Å²) in [4.78, 5) is 83.0. The molecule has 0 saturated carbocycles. The molecule has 18 nitrogen and oxygen atoms in total. The van der Waals surface area contributed by atoms with Crippen molar-refractivity contribution in [2.75, 3.05) is 46.1 Å². The van der Waals surface area contributed by atoms with Gasteiger partial charge < -0.3 is 55.9 Å². The highest BCUT2D eigenvalue weighted by Gasteiger charge is 2.50. The quantitative estimate of drug-likeness (QED) is 0.0145. The molecule has 380 valence electrons. The normalized spacial score (nSPS) is 18.1. The molecular weight excluding hydrogens is 897 g/mol. The molecule has 2 heterocycles. The Hall–Kier alpha value is -6.34. The van der Waals surface area contributed by atoms with E-state index in [0.717, 1.165) is 16.7 Å². The number of carbonyl (C=O) groups excluding carboxylic acids is 6. The van der Waals surface area contributed by atoms with Gasteiger partial charge in [0.25, 0.3) is 5.91 Å². The van der Waals surface area contributed by atoms with E-state index in [9.17, 15) is 28.8 Å². The first-order valence-corrected chi connectivity index (χ1v) is 24.1. The van der Waals surface area contributed by atoms with Crippen LogP contribution in [0.1, 0.15) is 77.5 Å². The monoisotopic (exact) mass is 970 g/mol. The number of esters is 1. The minimum atomic E-state index is -1.09. The molecular formula is C52H73N8O10+. The highest BCUT2D eigenvalue weighted by molar-refractivity contribution is 5.99. The maximum Gasteiger partial charge on any atom is 0.308 e. The van der Waals surface area contributed by atoms with Gasteiger partial charge in [-0.05, 0) is 73.8 Å². The summed E-state index contributed by atoms with van der Waals surface area (Å²) in [5.74, 6) is 3.06. The first-order chi connectivity index (χ1) is 33.4. The molecule has 4 amide bonds. The SMILES string of the molecule is CC(=O)Oc1ccc(C[N+]2(CC(=O)N[C@@H](CCc3ccccc3)C(=O)N[C@@H](CC(C)C)C(=O)N[C@@H](Cc3ccccc3)C(=O)N[C@@H](CC(C)C)C(=O)[C@@]3(C)CO3)CCOCC2)cc1OC/C(N)=C/NN. The third kappa shape index (κ3) is 17.3. The standard InChI is InChI=1S/C52H72N8O10/c1-34(2)25-42(48(63)52(6)33-69-52)57-51(66)44(27-38-15-11-8-12-16-38)59-50(65)43(26-35(3)4)58-49(64)41(19-17-37-13-9-7-10-14-37)56-47(62)31-60(21-23-67-24-22-60)30-39-18-20-45(70-36(5)61)46(28-39)68-32-40(53)29-55-54/h7-16,18,20,28-29,34-35,41-44,55H,17,19,21-27,30-33,53-54H2,1-6H3,(H3-,56,57,58,59,62,64,65,66)/p+1/b40-29-/t41-,42-,43-,44-,52+/m0/s1. The molecule has 9 N–H and O–H groups in total. The zero-order valence-electron chi connectivity index (χ0n) is 41.4. The fourth-order valence-electron chi connectivity index (χ4n) is 8.47. The van der Waals surface area contributed by atoms with Gasteiger partial charge in [-0.25, -0.2) is 0 Å². The lowest BCUT2D eigenvalue weighted by Gasteiger charge is -2.41. The number of carbonyl (C=O) groups is 6. The van der Waals surface area contributed by atoms with E-state index >= 15 is 0 Å². The molecule has 2 aliphatic heterocycles. The molecule has 70 heavy (non-hydrogen) atoms. The van der Waals surface area contributed by atoms with Crippen LogP contribution in [-0.2, 0) is 57.6 Å². The topological polar surface area (TPSA) is 255 Å². The van der Waals surface area contributed by atoms with Crippen molar-refractivity contribution in [2.45, 2.75) is 110 Å². The Kier molecular flexibility index (Phi) is 20.3. The molecule has 18 heteroatoms. The number of ether oxygens (including phenoxy) is 4. The number of quaternary nitrogens is 1. The minimum Gasteiger partial charge on any atom is -0.483 e. The van der Waals surface area contributed by atoms with Crippen LogP contribution in [0, 0.1) is 11.8 Å². The van der Waals surface area contributed by atoms with Gasteiger partial charge >= 0.3 is 5.97 Å². The Balaban J connectivity index is 1.37. The van der Waals surface area contributed by atoms with E-state index in [1.165, 1.54) is 13.1 Å². The van der Waals surface area contributed by atoms with Gasteiger partial charge in [-0.15, -0.1) is 0 Å². The number of hydrogen-bond acceptors (Lipinski definition) is 13. The van der Waals surface area contributed by atoms with Crippen LogP contribution in [0.4, 0.5) is 0 Å². The van der Waals surface area contributed by atoms with Crippen molar-refractivity contribution in [3.05, 3.63) is 107 Å². The number of benzene rings is 3. The third-order valence-corrected chi connectivity index (χ3v) is 12.3. The first kappa shape index (κ1) is 54.6. The molecule has 3 aromatic carbocycles. The Morgan fingerprint density at radius 1 is 0.743 bits per heavy atom. The molecule has 0 aromatic heterocycles. The number of hydrogen-bond donors (Lipinski definition) is 7. The van der Waals surface area contributed by atoms with E-state index in [1.807, 2.05) is 88.4 Å². The summed E-state index contributed by atoms with van der Waals surface area (Å²) in [6.45, 7) is 13.1. The van der Waals surface area contributed by atoms with Gasteiger partial charge in [0.05, 0.1) is 31.6 Å². The molecule has 5 rings (SSSR count). The molecule has 2 aliphatic rings. The molecule has 0 radical (unpaired) electrons. The van der Waals surface area contributed by atoms with E-state index in [-0.39, 0.29) is 78.5 Å². The minimum absolute atomic E-state index is 0.00398. The maximum atomic E-state index is 14.6. The van der Waals surface area contributed by atoms with Gasteiger partial charge in [0, 0.05) is 25.1 Å². The van der Waals surface area contributed by atoms with Gasteiger partial charge in [0.15, 0.2) is 23.8 Å². The van der Waals surface area contributed by atoms with Crippen molar-refractivity contribution in [2.24, 2.45) is 23.4 Å². The molecule has 3 aromatic rings. The Labute approximate surface area is 411 Å². The predicted octanol–water partition coefficient (Wildman–Crippen LogP) is 2.87.